The Morgan fingerprint density at radius 1 is 1.30 bits per heavy atom. The summed E-state index contributed by atoms with van der Waals surface area (Å²) >= 11 is 0. The van der Waals surface area contributed by atoms with Crippen LogP contribution in [0.2, 0.25) is 0 Å². The van der Waals surface area contributed by atoms with Crippen molar-refractivity contribution in [1.82, 2.24) is 19.3 Å². The van der Waals surface area contributed by atoms with E-state index in [0.29, 0.717) is 6.61 Å². The van der Waals surface area contributed by atoms with Gasteiger partial charge in [0.1, 0.15) is 18.2 Å². The van der Waals surface area contributed by atoms with Crippen molar-refractivity contribution in [3.8, 4) is 17.1 Å². The van der Waals surface area contributed by atoms with E-state index in [1.54, 1.807) is 6.20 Å². The number of aliphatic hydroxyl groups is 1. The predicted octanol–water partition coefficient (Wildman–Crippen LogP) is 1.90. The fourth-order valence-corrected chi connectivity index (χ4v) is 2.49. The number of aromatic nitrogens is 4. The van der Waals surface area contributed by atoms with Crippen molar-refractivity contribution in [2.24, 2.45) is 7.05 Å². The molecule has 120 valence electrons. The second-order valence-corrected chi connectivity index (χ2v) is 5.32. The summed E-state index contributed by atoms with van der Waals surface area (Å²) in [6, 6.07) is 7.76. The maximum atomic E-state index is 8.86. The molecule has 1 N–H and O–H groups in total. The molecule has 0 saturated heterocycles. The van der Waals surface area contributed by atoms with Crippen LogP contribution in [0, 0.1) is 0 Å². The summed E-state index contributed by atoms with van der Waals surface area (Å²) in [6.07, 6.45) is 8.60. The van der Waals surface area contributed by atoms with E-state index in [0.717, 1.165) is 30.1 Å². The molecule has 0 bridgehead atoms. The molecule has 0 aliphatic heterocycles. The molecular formula is C17H20N4O2. The third kappa shape index (κ3) is 3.78. The molecule has 0 amide bonds. The fraction of sp³-hybridized carbons (Fsp3) is 0.294. The van der Waals surface area contributed by atoms with Gasteiger partial charge in [0.15, 0.2) is 0 Å². The minimum atomic E-state index is 0.00393. The fourth-order valence-electron chi connectivity index (χ4n) is 2.49. The molecule has 2 heterocycles. The van der Waals surface area contributed by atoms with Gasteiger partial charge in [-0.1, -0.05) is 12.1 Å². The van der Waals surface area contributed by atoms with E-state index in [1.165, 1.54) is 5.56 Å². The van der Waals surface area contributed by atoms with Crippen molar-refractivity contribution in [2.45, 2.75) is 13.0 Å². The maximum Gasteiger partial charge on any atom is 0.140 e. The van der Waals surface area contributed by atoms with Crippen molar-refractivity contribution in [1.29, 1.82) is 0 Å². The second-order valence-electron chi connectivity index (χ2n) is 5.32. The molecule has 0 saturated carbocycles. The van der Waals surface area contributed by atoms with E-state index in [4.69, 9.17) is 9.84 Å². The number of imidazole rings is 1. The Bertz CT molecular complexity index is 763. The van der Waals surface area contributed by atoms with E-state index in [2.05, 4.69) is 14.6 Å². The monoisotopic (exact) mass is 312 g/mol. The molecule has 6 heteroatoms. The summed E-state index contributed by atoms with van der Waals surface area (Å²) in [5.74, 6) is 1.64. The Morgan fingerprint density at radius 2 is 2.22 bits per heavy atom. The first-order chi connectivity index (χ1) is 11.3. The van der Waals surface area contributed by atoms with Crippen LogP contribution in [-0.4, -0.2) is 37.7 Å². The first-order valence-corrected chi connectivity index (χ1v) is 7.59. The molecule has 23 heavy (non-hydrogen) atoms. The minimum absolute atomic E-state index is 0.00393. The second kappa shape index (κ2) is 7.11. The average Bonchev–Trinajstić information content (AvgIpc) is 3.20. The normalized spacial score (nSPS) is 10.9. The van der Waals surface area contributed by atoms with E-state index in [9.17, 15) is 0 Å². The zero-order chi connectivity index (χ0) is 16.1. The lowest BCUT2D eigenvalue weighted by molar-refractivity contribution is 0.201. The van der Waals surface area contributed by atoms with Crippen molar-refractivity contribution >= 4 is 0 Å². The van der Waals surface area contributed by atoms with Gasteiger partial charge in [-0.3, -0.25) is 4.68 Å². The molecule has 0 aliphatic carbocycles. The third-order valence-corrected chi connectivity index (χ3v) is 3.57. The Balaban J connectivity index is 1.75. The molecule has 0 unspecified atom stereocenters. The molecule has 3 rings (SSSR count). The van der Waals surface area contributed by atoms with Crippen LogP contribution in [0.3, 0.4) is 0 Å². The van der Waals surface area contributed by atoms with Gasteiger partial charge >= 0.3 is 0 Å². The highest BCUT2D eigenvalue weighted by atomic mass is 16.5. The van der Waals surface area contributed by atoms with Gasteiger partial charge < -0.3 is 14.4 Å². The van der Waals surface area contributed by atoms with Crippen LogP contribution < -0.4 is 4.74 Å². The topological polar surface area (TPSA) is 65.1 Å². The molecule has 6 nitrogen and oxygen atoms in total. The van der Waals surface area contributed by atoms with E-state index in [-0.39, 0.29) is 6.61 Å². The summed E-state index contributed by atoms with van der Waals surface area (Å²) in [7, 11) is 1.92. The van der Waals surface area contributed by atoms with Crippen LogP contribution >= 0.6 is 0 Å². The van der Waals surface area contributed by atoms with Crippen LogP contribution in [0.25, 0.3) is 11.4 Å². The van der Waals surface area contributed by atoms with Gasteiger partial charge in [0, 0.05) is 37.7 Å². The standard InChI is InChI=1S/C17H20N4O2/c1-20-13-14(12-19-20)5-7-21-8-6-18-17(21)15-3-2-4-16(11-15)23-10-9-22/h2-4,6,8,11-13,22H,5,7,9-10H2,1H3. The highest BCUT2D eigenvalue weighted by molar-refractivity contribution is 5.58. The molecular weight excluding hydrogens is 292 g/mol. The maximum absolute atomic E-state index is 8.86. The zero-order valence-electron chi connectivity index (χ0n) is 13.1. The Kier molecular flexibility index (Phi) is 4.73. The van der Waals surface area contributed by atoms with E-state index < -0.39 is 0 Å². The number of hydrogen-bond donors (Lipinski definition) is 1. The van der Waals surface area contributed by atoms with Crippen molar-refractivity contribution in [3.63, 3.8) is 0 Å². The molecule has 3 aromatic rings. The summed E-state index contributed by atoms with van der Waals surface area (Å²) in [6.45, 7) is 1.13. The average molecular weight is 312 g/mol. The summed E-state index contributed by atoms with van der Waals surface area (Å²) in [4.78, 5) is 4.46. The molecule has 0 radical (unpaired) electrons. The summed E-state index contributed by atoms with van der Waals surface area (Å²) in [5.41, 5.74) is 2.20. The summed E-state index contributed by atoms with van der Waals surface area (Å²) < 4.78 is 9.40. The van der Waals surface area contributed by atoms with Crippen molar-refractivity contribution in [2.75, 3.05) is 13.2 Å². The van der Waals surface area contributed by atoms with E-state index >= 15 is 0 Å². The first-order valence-electron chi connectivity index (χ1n) is 7.59. The van der Waals surface area contributed by atoms with Gasteiger partial charge in [0.2, 0.25) is 0 Å². The number of aliphatic hydroxyl groups excluding tert-OH is 1. The molecule has 0 fully saturated rings. The first kappa shape index (κ1) is 15.3. The lowest BCUT2D eigenvalue weighted by atomic mass is 10.2. The quantitative estimate of drug-likeness (QED) is 0.723. The number of aryl methyl sites for hydroxylation is 3. The molecule has 2 aromatic heterocycles. The van der Waals surface area contributed by atoms with Crippen molar-refractivity contribution < 1.29 is 9.84 Å². The number of ether oxygens (including phenoxy) is 1. The van der Waals surface area contributed by atoms with Gasteiger partial charge in [0.05, 0.1) is 12.8 Å². The number of rotatable bonds is 7. The molecule has 1 aromatic carbocycles. The Morgan fingerprint density at radius 3 is 3.00 bits per heavy atom. The predicted molar refractivity (Wildman–Crippen MR) is 87.2 cm³/mol. The summed E-state index contributed by atoms with van der Waals surface area (Å²) in [5, 5.41) is 13.0. The minimum Gasteiger partial charge on any atom is -0.491 e. The van der Waals surface area contributed by atoms with Crippen LogP contribution in [0.4, 0.5) is 0 Å². The van der Waals surface area contributed by atoms with E-state index in [1.807, 2.05) is 54.6 Å². The van der Waals surface area contributed by atoms with Gasteiger partial charge in [-0.2, -0.15) is 5.10 Å². The highest BCUT2D eigenvalue weighted by Crippen LogP contribution is 2.23. The molecule has 0 aliphatic rings. The molecule has 0 spiro atoms. The van der Waals surface area contributed by atoms with Gasteiger partial charge in [-0.25, -0.2) is 4.98 Å². The lowest BCUT2D eigenvalue weighted by Crippen LogP contribution is -2.03. The van der Waals surface area contributed by atoms with Crippen LogP contribution in [0.1, 0.15) is 5.56 Å². The SMILES string of the molecule is Cn1cc(CCn2ccnc2-c2cccc(OCCO)c2)cn1. The largest absolute Gasteiger partial charge is 0.491 e. The van der Waals surface area contributed by atoms with Gasteiger partial charge in [0.25, 0.3) is 0 Å². The number of hydrogen-bond acceptors (Lipinski definition) is 4. The number of benzene rings is 1. The van der Waals surface area contributed by atoms with Crippen molar-refractivity contribution in [3.05, 3.63) is 54.6 Å². The number of nitrogens with zero attached hydrogens (tertiary/aromatic N) is 4. The van der Waals surface area contributed by atoms with Gasteiger partial charge in [-0.15, -0.1) is 0 Å². The third-order valence-electron chi connectivity index (χ3n) is 3.57. The van der Waals surface area contributed by atoms with Gasteiger partial charge in [-0.05, 0) is 24.1 Å². The lowest BCUT2D eigenvalue weighted by Gasteiger charge is -2.09. The Hall–Kier alpha value is -2.60. The Labute approximate surface area is 135 Å². The highest BCUT2D eigenvalue weighted by Gasteiger charge is 2.08. The van der Waals surface area contributed by atoms with Crippen LogP contribution in [0.5, 0.6) is 5.75 Å². The smallest absolute Gasteiger partial charge is 0.140 e. The van der Waals surface area contributed by atoms with Crippen LogP contribution in [-0.2, 0) is 20.0 Å². The van der Waals surface area contributed by atoms with Crippen LogP contribution in [0.15, 0.2) is 49.1 Å². The zero-order valence-corrected chi connectivity index (χ0v) is 13.1. The molecule has 0 atom stereocenters.